The molecule has 0 radical (unpaired) electrons. The van der Waals surface area contributed by atoms with Crippen LogP contribution in [0.2, 0.25) is 0 Å². The Bertz CT molecular complexity index is 153. The Morgan fingerprint density at radius 3 is 3.22 bits per heavy atom. The van der Waals surface area contributed by atoms with Gasteiger partial charge in [-0.3, -0.25) is 0 Å². The molecule has 0 aromatic carbocycles. The number of aromatic nitrogens is 4. The highest BCUT2D eigenvalue weighted by Gasteiger charge is 1.94. The summed E-state index contributed by atoms with van der Waals surface area (Å²) in [7, 11) is 1.62. The molecule has 0 amide bonds. The standard InChI is InChI=1S/C3H6N4OS/c1-8-2-9-3-4-6-7-5-3/h2H2,1H3,(H,4,5,6,7). The highest BCUT2D eigenvalue weighted by Crippen LogP contribution is 2.07. The number of ether oxygens (including phenoxy) is 1. The number of H-pyrrole nitrogens is 1. The third-order valence-electron chi connectivity index (χ3n) is 0.632. The number of hydrogen-bond donors (Lipinski definition) is 1. The molecule has 0 atom stereocenters. The number of hydrogen-bond acceptors (Lipinski definition) is 5. The average molecular weight is 146 g/mol. The molecule has 5 nitrogen and oxygen atoms in total. The number of rotatable bonds is 3. The molecule has 0 saturated carbocycles. The molecule has 0 saturated heterocycles. The average Bonchev–Trinajstić information content (AvgIpc) is 2.34. The van der Waals surface area contributed by atoms with Crippen LogP contribution in [0, 0.1) is 0 Å². The van der Waals surface area contributed by atoms with Gasteiger partial charge in [0.25, 0.3) is 0 Å². The topological polar surface area (TPSA) is 63.7 Å². The summed E-state index contributed by atoms with van der Waals surface area (Å²) < 4.78 is 4.76. The lowest BCUT2D eigenvalue weighted by Gasteiger charge is -1.88. The van der Waals surface area contributed by atoms with Crippen molar-refractivity contribution in [3.05, 3.63) is 0 Å². The van der Waals surface area contributed by atoms with Crippen LogP contribution in [-0.2, 0) is 4.74 Å². The van der Waals surface area contributed by atoms with E-state index in [0.29, 0.717) is 11.1 Å². The zero-order valence-corrected chi connectivity index (χ0v) is 5.68. The summed E-state index contributed by atoms with van der Waals surface area (Å²) in [5, 5.41) is 13.7. The molecule has 0 bridgehead atoms. The van der Waals surface area contributed by atoms with Crippen molar-refractivity contribution in [1.29, 1.82) is 0 Å². The van der Waals surface area contributed by atoms with Crippen molar-refractivity contribution in [1.82, 2.24) is 20.6 Å². The van der Waals surface area contributed by atoms with E-state index >= 15 is 0 Å². The molecular formula is C3H6N4OS. The van der Waals surface area contributed by atoms with Gasteiger partial charge in [0.2, 0.25) is 5.16 Å². The maximum absolute atomic E-state index is 4.76. The summed E-state index contributed by atoms with van der Waals surface area (Å²) in [6, 6.07) is 0. The first-order valence-corrected chi connectivity index (χ1v) is 3.27. The van der Waals surface area contributed by atoms with Crippen molar-refractivity contribution in [2.24, 2.45) is 0 Å². The molecule has 0 aliphatic carbocycles. The van der Waals surface area contributed by atoms with Crippen molar-refractivity contribution in [2.45, 2.75) is 5.16 Å². The van der Waals surface area contributed by atoms with Crippen molar-refractivity contribution in [3.63, 3.8) is 0 Å². The smallest absolute Gasteiger partial charge is 0.233 e. The van der Waals surface area contributed by atoms with Crippen LogP contribution < -0.4 is 0 Å². The van der Waals surface area contributed by atoms with E-state index in [1.165, 1.54) is 11.8 Å². The van der Waals surface area contributed by atoms with E-state index < -0.39 is 0 Å². The normalized spacial score (nSPS) is 9.89. The Morgan fingerprint density at radius 1 is 1.78 bits per heavy atom. The number of methoxy groups -OCH3 is 1. The van der Waals surface area contributed by atoms with Crippen LogP contribution in [0.15, 0.2) is 5.16 Å². The largest absolute Gasteiger partial charge is 0.374 e. The van der Waals surface area contributed by atoms with Crippen molar-refractivity contribution >= 4 is 11.8 Å². The van der Waals surface area contributed by atoms with Gasteiger partial charge in [0.1, 0.15) is 0 Å². The molecule has 0 aliphatic heterocycles. The minimum Gasteiger partial charge on any atom is -0.374 e. The molecule has 0 spiro atoms. The quantitative estimate of drug-likeness (QED) is 0.476. The predicted molar refractivity (Wildman–Crippen MR) is 31.9 cm³/mol. The lowest BCUT2D eigenvalue weighted by Crippen LogP contribution is -1.82. The Morgan fingerprint density at radius 2 is 2.67 bits per heavy atom. The first-order valence-electron chi connectivity index (χ1n) is 2.28. The highest BCUT2D eigenvalue weighted by atomic mass is 32.2. The van der Waals surface area contributed by atoms with Crippen molar-refractivity contribution in [2.75, 3.05) is 13.0 Å². The first-order chi connectivity index (χ1) is 4.43. The molecule has 0 aliphatic rings. The summed E-state index contributed by atoms with van der Waals surface area (Å²) in [6.45, 7) is 0. The molecule has 0 fully saturated rings. The molecular weight excluding hydrogens is 140 g/mol. The summed E-state index contributed by atoms with van der Waals surface area (Å²) in [5.74, 6) is 0.555. The molecule has 1 heterocycles. The molecule has 1 N–H and O–H groups in total. The van der Waals surface area contributed by atoms with Gasteiger partial charge in [-0.15, -0.1) is 10.2 Å². The van der Waals surface area contributed by atoms with Gasteiger partial charge in [0.05, 0.1) is 5.94 Å². The molecule has 1 rings (SSSR count). The van der Waals surface area contributed by atoms with Crippen LogP contribution in [0.25, 0.3) is 0 Å². The van der Waals surface area contributed by atoms with Gasteiger partial charge in [0, 0.05) is 7.11 Å². The lowest BCUT2D eigenvalue weighted by atomic mass is 11.4. The second-order valence-corrected chi connectivity index (χ2v) is 2.13. The van der Waals surface area contributed by atoms with E-state index in [2.05, 4.69) is 20.6 Å². The molecule has 0 unspecified atom stereocenters. The van der Waals surface area contributed by atoms with Crippen molar-refractivity contribution in [3.8, 4) is 0 Å². The van der Waals surface area contributed by atoms with E-state index in [1.807, 2.05) is 0 Å². The SMILES string of the molecule is COCSc1nn[nH]n1. The lowest BCUT2D eigenvalue weighted by molar-refractivity contribution is 0.258. The number of thioether (sulfide) groups is 1. The second kappa shape index (κ2) is 3.41. The molecule has 1 aromatic rings. The minimum atomic E-state index is 0.555. The van der Waals surface area contributed by atoms with Gasteiger partial charge < -0.3 is 4.74 Å². The maximum atomic E-state index is 4.76. The Kier molecular flexibility index (Phi) is 2.47. The Labute approximate surface area is 56.2 Å². The first kappa shape index (κ1) is 6.50. The van der Waals surface area contributed by atoms with Crippen LogP contribution in [-0.4, -0.2) is 33.7 Å². The van der Waals surface area contributed by atoms with Crippen molar-refractivity contribution < 1.29 is 4.74 Å². The van der Waals surface area contributed by atoms with Gasteiger partial charge in [0.15, 0.2) is 0 Å². The Hall–Kier alpha value is -0.620. The Balaban J connectivity index is 2.30. The zero-order valence-electron chi connectivity index (χ0n) is 4.87. The number of tetrazole rings is 1. The van der Waals surface area contributed by atoms with E-state index in [4.69, 9.17) is 4.74 Å². The van der Waals surface area contributed by atoms with Gasteiger partial charge >= 0.3 is 0 Å². The van der Waals surface area contributed by atoms with E-state index in [0.717, 1.165) is 0 Å². The third-order valence-corrected chi connectivity index (χ3v) is 1.42. The number of nitrogens with one attached hydrogen (secondary N) is 1. The van der Waals surface area contributed by atoms with Gasteiger partial charge in [-0.2, -0.15) is 5.21 Å². The monoisotopic (exact) mass is 146 g/mol. The minimum absolute atomic E-state index is 0.555. The summed E-state index contributed by atoms with van der Waals surface area (Å²) >= 11 is 1.39. The molecule has 50 valence electrons. The van der Waals surface area contributed by atoms with Gasteiger partial charge in [-0.05, 0) is 5.21 Å². The van der Waals surface area contributed by atoms with Crippen LogP contribution in [0.5, 0.6) is 0 Å². The summed E-state index contributed by atoms with van der Waals surface area (Å²) in [5.41, 5.74) is 0. The van der Waals surface area contributed by atoms with E-state index in [9.17, 15) is 0 Å². The maximum Gasteiger partial charge on any atom is 0.233 e. The number of aromatic amines is 1. The van der Waals surface area contributed by atoms with E-state index in [1.54, 1.807) is 7.11 Å². The van der Waals surface area contributed by atoms with Crippen LogP contribution in [0.4, 0.5) is 0 Å². The fraction of sp³-hybridized carbons (Fsp3) is 0.667. The second-order valence-electron chi connectivity index (χ2n) is 1.25. The van der Waals surface area contributed by atoms with E-state index in [-0.39, 0.29) is 0 Å². The van der Waals surface area contributed by atoms with Crippen LogP contribution >= 0.6 is 11.8 Å². The van der Waals surface area contributed by atoms with Gasteiger partial charge in [-0.1, -0.05) is 11.8 Å². The van der Waals surface area contributed by atoms with Gasteiger partial charge in [-0.25, -0.2) is 0 Å². The summed E-state index contributed by atoms with van der Waals surface area (Å²) in [6.07, 6.45) is 0. The fourth-order valence-electron chi connectivity index (χ4n) is 0.325. The summed E-state index contributed by atoms with van der Waals surface area (Å²) in [4.78, 5) is 0. The molecule has 6 heteroatoms. The molecule has 1 aromatic heterocycles. The number of nitrogens with zero attached hydrogens (tertiary/aromatic N) is 3. The van der Waals surface area contributed by atoms with Crippen LogP contribution in [0.3, 0.4) is 0 Å². The van der Waals surface area contributed by atoms with Crippen LogP contribution in [0.1, 0.15) is 0 Å². The fourth-order valence-corrected chi connectivity index (χ4v) is 0.753. The molecule has 9 heavy (non-hydrogen) atoms. The zero-order chi connectivity index (χ0) is 6.53. The highest BCUT2D eigenvalue weighted by molar-refractivity contribution is 7.99. The predicted octanol–water partition coefficient (Wildman–Crippen LogP) is -0.104. The third kappa shape index (κ3) is 1.98.